The molecule has 19 heavy (non-hydrogen) atoms. The molecule has 0 radical (unpaired) electrons. The second-order valence-electron chi connectivity index (χ2n) is 6.19. The van der Waals surface area contributed by atoms with Crippen molar-refractivity contribution in [2.24, 2.45) is 5.41 Å². The van der Waals surface area contributed by atoms with Crippen LogP contribution in [0.4, 0.5) is 0 Å². The van der Waals surface area contributed by atoms with Gasteiger partial charge in [-0.05, 0) is 19.8 Å². The number of aliphatic hydroxyl groups excluding tert-OH is 1. The van der Waals surface area contributed by atoms with E-state index in [1.165, 1.54) is 0 Å². The lowest BCUT2D eigenvalue weighted by atomic mass is 10.0. The van der Waals surface area contributed by atoms with Crippen LogP contribution in [-0.4, -0.2) is 40.1 Å². The van der Waals surface area contributed by atoms with Crippen LogP contribution in [0.15, 0.2) is 4.42 Å². The van der Waals surface area contributed by atoms with Gasteiger partial charge in [-0.15, -0.1) is 0 Å². The van der Waals surface area contributed by atoms with Gasteiger partial charge in [0.2, 0.25) is 5.76 Å². The zero-order chi connectivity index (χ0) is 13.8. The first-order chi connectivity index (χ1) is 8.93. The number of carbonyl (C=O) groups excluding carboxylic acids is 1. The average molecular weight is 264 g/mol. The third-order valence-electron chi connectivity index (χ3n) is 4.29. The summed E-state index contributed by atoms with van der Waals surface area (Å²) in [6.45, 7) is 6.82. The SMILES string of the molecule is Cc1nc(C(C)C)oc1C(=O)N1CC(O)C2(CC2)C1. The number of rotatable bonds is 2. The molecule has 1 spiro atoms. The summed E-state index contributed by atoms with van der Waals surface area (Å²) in [4.78, 5) is 18.4. The largest absolute Gasteiger partial charge is 0.435 e. The van der Waals surface area contributed by atoms with E-state index in [9.17, 15) is 9.90 Å². The van der Waals surface area contributed by atoms with E-state index in [0.717, 1.165) is 12.8 Å². The Hall–Kier alpha value is -1.36. The number of carbonyl (C=O) groups is 1. The molecule has 104 valence electrons. The van der Waals surface area contributed by atoms with E-state index >= 15 is 0 Å². The van der Waals surface area contributed by atoms with E-state index in [2.05, 4.69) is 4.98 Å². The molecular weight excluding hydrogens is 244 g/mol. The van der Waals surface area contributed by atoms with Crippen LogP contribution in [0.5, 0.6) is 0 Å². The highest BCUT2D eigenvalue weighted by Gasteiger charge is 2.55. The molecule has 1 aliphatic carbocycles. The third-order valence-corrected chi connectivity index (χ3v) is 4.29. The van der Waals surface area contributed by atoms with E-state index < -0.39 is 0 Å². The molecule has 1 saturated heterocycles. The van der Waals surface area contributed by atoms with Gasteiger partial charge in [-0.3, -0.25) is 4.79 Å². The Balaban J connectivity index is 1.81. The van der Waals surface area contributed by atoms with Crippen molar-refractivity contribution in [3.8, 4) is 0 Å². The lowest BCUT2D eigenvalue weighted by molar-refractivity contribution is 0.0730. The zero-order valence-electron chi connectivity index (χ0n) is 11.6. The minimum absolute atomic E-state index is 0.0233. The summed E-state index contributed by atoms with van der Waals surface area (Å²) in [5.74, 6) is 0.953. The highest BCUT2D eigenvalue weighted by Crippen LogP contribution is 2.52. The third kappa shape index (κ3) is 1.96. The fraction of sp³-hybridized carbons (Fsp3) is 0.714. The maximum atomic E-state index is 12.4. The van der Waals surface area contributed by atoms with E-state index in [1.54, 1.807) is 11.8 Å². The van der Waals surface area contributed by atoms with Crippen molar-refractivity contribution < 1.29 is 14.3 Å². The second-order valence-corrected chi connectivity index (χ2v) is 6.19. The number of likely N-dealkylation sites (tertiary alicyclic amines) is 1. The molecule has 1 N–H and O–H groups in total. The van der Waals surface area contributed by atoms with Crippen LogP contribution in [0.25, 0.3) is 0 Å². The monoisotopic (exact) mass is 264 g/mol. The Kier molecular flexibility index (Phi) is 2.71. The molecule has 1 unspecified atom stereocenters. The summed E-state index contributed by atoms with van der Waals surface area (Å²) in [6, 6.07) is 0. The average Bonchev–Trinajstić information content (AvgIpc) is 2.91. The first-order valence-electron chi connectivity index (χ1n) is 6.87. The van der Waals surface area contributed by atoms with Gasteiger partial charge >= 0.3 is 0 Å². The van der Waals surface area contributed by atoms with Crippen molar-refractivity contribution in [3.63, 3.8) is 0 Å². The predicted octanol–water partition coefficient (Wildman–Crippen LogP) is 1.70. The number of β-amino-alcohol motifs (C(OH)–C–C–N with tert-alkyl or cyclic N) is 1. The maximum Gasteiger partial charge on any atom is 0.291 e. The van der Waals surface area contributed by atoms with Crippen molar-refractivity contribution in [2.75, 3.05) is 13.1 Å². The molecular formula is C14H20N2O3. The summed E-state index contributed by atoms with van der Waals surface area (Å²) >= 11 is 0. The van der Waals surface area contributed by atoms with Crippen LogP contribution in [0.3, 0.4) is 0 Å². The van der Waals surface area contributed by atoms with Gasteiger partial charge in [-0.25, -0.2) is 4.98 Å². The smallest absolute Gasteiger partial charge is 0.291 e. The number of hydrogen-bond acceptors (Lipinski definition) is 4. The maximum absolute atomic E-state index is 12.4. The number of oxazole rings is 1. The molecule has 1 aromatic heterocycles. The van der Waals surface area contributed by atoms with Gasteiger partial charge in [0.05, 0.1) is 11.8 Å². The zero-order valence-corrected chi connectivity index (χ0v) is 11.6. The van der Waals surface area contributed by atoms with Crippen molar-refractivity contribution >= 4 is 5.91 Å². The predicted molar refractivity (Wildman–Crippen MR) is 68.9 cm³/mol. The Labute approximate surface area is 112 Å². The molecule has 1 saturated carbocycles. The summed E-state index contributed by atoms with van der Waals surface area (Å²) in [5.41, 5.74) is 0.615. The standard InChI is InChI=1S/C14H20N2O3/c1-8(2)12-15-9(3)11(19-12)13(18)16-6-10(17)14(7-16)4-5-14/h8,10,17H,4-7H2,1-3H3. The number of aromatic nitrogens is 1. The fourth-order valence-electron chi connectivity index (χ4n) is 2.77. The summed E-state index contributed by atoms with van der Waals surface area (Å²) in [5, 5.41) is 10.0. The van der Waals surface area contributed by atoms with Gasteiger partial charge in [0.1, 0.15) is 0 Å². The van der Waals surface area contributed by atoms with Crippen molar-refractivity contribution in [2.45, 2.75) is 45.6 Å². The molecule has 5 nitrogen and oxygen atoms in total. The van der Waals surface area contributed by atoms with E-state index in [1.807, 2.05) is 13.8 Å². The van der Waals surface area contributed by atoms with Gasteiger partial charge in [-0.2, -0.15) is 0 Å². The number of nitrogens with zero attached hydrogens (tertiary/aromatic N) is 2. The van der Waals surface area contributed by atoms with Gasteiger partial charge < -0.3 is 14.4 Å². The highest BCUT2D eigenvalue weighted by atomic mass is 16.4. The van der Waals surface area contributed by atoms with Crippen molar-refractivity contribution in [3.05, 3.63) is 17.3 Å². The lowest BCUT2D eigenvalue weighted by Crippen LogP contribution is -2.29. The molecule has 1 atom stereocenters. The first kappa shape index (κ1) is 12.7. The van der Waals surface area contributed by atoms with Crippen LogP contribution in [0.1, 0.15) is 54.7 Å². The first-order valence-corrected chi connectivity index (χ1v) is 6.87. The van der Waals surface area contributed by atoms with Crippen LogP contribution >= 0.6 is 0 Å². The Morgan fingerprint density at radius 2 is 2.21 bits per heavy atom. The summed E-state index contributed by atoms with van der Waals surface area (Å²) < 4.78 is 5.59. The molecule has 0 bridgehead atoms. The number of aryl methyl sites for hydroxylation is 1. The minimum atomic E-state index is -0.385. The van der Waals surface area contributed by atoms with Crippen LogP contribution in [0.2, 0.25) is 0 Å². The number of hydrogen-bond donors (Lipinski definition) is 1. The molecule has 1 amide bonds. The van der Waals surface area contributed by atoms with Crippen LogP contribution in [-0.2, 0) is 0 Å². The molecule has 1 aromatic rings. The Morgan fingerprint density at radius 3 is 2.68 bits per heavy atom. The van der Waals surface area contributed by atoms with E-state index in [-0.39, 0.29) is 23.3 Å². The highest BCUT2D eigenvalue weighted by molar-refractivity contribution is 5.92. The van der Waals surface area contributed by atoms with Crippen LogP contribution < -0.4 is 0 Å². The quantitative estimate of drug-likeness (QED) is 0.883. The molecule has 5 heteroatoms. The Bertz CT molecular complexity index is 517. The van der Waals surface area contributed by atoms with Crippen molar-refractivity contribution in [1.29, 1.82) is 0 Å². The second kappa shape index (κ2) is 4.07. The number of aliphatic hydroxyl groups is 1. The molecule has 0 aromatic carbocycles. The van der Waals surface area contributed by atoms with Crippen LogP contribution in [0, 0.1) is 12.3 Å². The normalized spacial score (nSPS) is 24.5. The van der Waals surface area contributed by atoms with Gasteiger partial charge in [0.15, 0.2) is 5.89 Å². The fourth-order valence-corrected chi connectivity index (χ4v) is 2.77. The topological polar surface area (TPSA) is 66.6 Å². The van der Waals surface area contributed by atoms with E-state index in [4.69, 9.17) is 4.42 Å². The summed E-state index contributed by atoms with van der Waals surface area (Å²) in [6.07, 6.45) is 1.65. The molecule has 2 fully saturated rings. The minimum Gasteiger partial charge on any atom is -0.435 e. The molecule has 3 rings (SSSR count). The molecule has 2 heterocycles. The lowest BCUT2D eigenvalue weighted by Gasteiger charge is -2.14. The van der Waals surface area contributed by atoms with Gasteiger partial charge in [0, 0.05) is 24.4 Å². The van der Waals surface area contributed by atoms with Gasteiger partial charge in [0.25, 0.3) is 5.91 Å². The van der Waals surface area contributed by atoms with E-state index in [0.29, 0.717) is 30.4 Å². The molecule has 1 aliphatic heterocycles. The number of amides is 1. The summed E-state index contributed by atoms with van der Waals surface area (Å²) in [7, 11) is 0. The van der Waals surface area contributed by atoms with Gasteiger partial charge in [-0.1, -0.05) is 13.8 Å². The van der Waals surface area contributed by atoms with Crippen molar-refractivity contribution in [1.82, 2.24) is 9.88 Å². The Morgan fingerprint density at radius 1 is 1.53 bits per heavy atom. The molecule has 2 aliphatic rings.